The molecule has 3 aromatic rings. The summed E-state index contributed by atoms with van der Waals surface area (Å²) in [6, 6.07) is 4.19. The number of aromatic hydroxyl groups is 1. The molecule has 460 valence electrons. The van der Waals surface area contributed by atoms with E-state index >= 15 is 0 Å². The van der Waals surface area contributed by atoms with Gasteiger partial charge >= 0.3 is 29.6 Å². The summed E-state index contributed by atoms with van der Waals surface area (Å²) in [5, 5.41) is 126. The maximum Gasteiger partial charge on any atom is 1.00 e. The number of nitrogens with one attached hydrogen (secondary N) is 5. The first kappa shape index (κ1) is 69.7. The van der Waals surface area contributed by atoms with Gasteiger partial charge < -0.3 is 97.5 Å². The number of aliphatic hydroxyl groups excluding tert-OH is 8. The van der Waals surface area contributed by atoms with Crippen molar-refractivity contribution in [1.82, 2.24) is 36.4 Å². The number of nitrogens with two attached hydrogens (primary N) is 1. The van der Waals surface area contributed by atoms with E-state index in [9.17, 15) is 89.6 Å². The Morgan fingerprint density at radius 1 is 0.776 bits per heavy atom. The summed E-state index contributed by atoms with van der Waals surface area (Å²) in [7, 11) is 0. The Labute approximate surface area is 514 Å². The topological polar surface area (TPSA) is 462 Å². The summed E-state index contributed by atoms with van der Waals surface area (Å²) in [5.41, 5.74) is 7.70. The third kappa shape index (κ3) is 18.0. The van der Waals surface area contributed by atoms with E-state index in [1.165, 1.54) is 19.1 Å². The van der Waals surface area contributed by atoms with Gasteiger partial charge in [-0.05, 0) is 66.3 Å². The molecule has 3 fully saturated rings. The number of hydrogen-bond donors (Lipinski definition) is 15. The number of hydrogen-bond acceptors (Lipinski definition) is 22. The number of phenolic OH excluding ortho intramolecular Hbond substituents is 1. The Hall–Kier alpha value is -6.07. The van der Waals surface area contributed by atoms with Crippen LogP contribution >= 0.6 is 12.3 Å². The zero-order valence-corrected chi connectivity index (χ0v) is 49.7. The van der Waals surface area contributed by atoms with Crippen LogP contribution in [0, 0.1) is 5.92 Å². The molecule has 0 saturated carbocycles. The van der Waals surface area contributed by atoms with Crippen LogP contribution in [0.2, 0.25) is 0 Å². The Balaban J connectivity index is 0.0000132. The number of carbonyl (C=O) groups excluding carboxylic acids is 8. The minimum absolute atomic E-state index is 0. The molecule has 3 saturated heterocycles. The van der Waals surface area contributed by atoms with Crippen molar-refractivity contribution in [3.8, 4) is 22.6 Å². The molecule has 16 N–H and O–H groups in total. The van der Waals surface area contributed by atoms with Crippen molar-refractivity contribution in [3.05, 3.63) is 83.4 Å². The number of unbranched alkanes of at least 4 members (excludes halogenated alkanes) is 3. The van der Waals surface area contributed by atoms with Gasteiger partial charge in [0, 0.05) is 37.4 Å². The number of benzene rings is 3. The van der Waals surface area contributed by atoms with Gasteiger partial charge in [0.1, 0.15) is 54.6 Å². The van der Waals surface area contributed by atoms with Crippen molar-refractivity contribution in [2.24, 2.45) is 11.7 Å². The van der Waals surface area contributed by atoms with Crippen LogP contribution in [0.1, 0.15) is 93.3 Å². The number of aliphatic hydroxyl groups is 8. The number of fused-ring (bicyclic) bond motifs is 2. The van der Waals surface area contributed by atoms with E-state index in [-0.39, 0.29) is 53.0 Å². The zero-order valence-electron chi connectivity index (χ0n) is 46.9. The van der Waals surface area contributed by atoms with Gasteiger partial charge in [-0.2, -0.15) is 0 Å². The summed E-state index contributed by atoms with van der Waals surface area (Å²) in [6.45, 7) is 3.38. The van der Waals surface area contributed by atoms with Gasteiger partial charge in [-0.15, -0.1) is 4.33 Å². The number of primary amides is 1. The molecule has 8 amide bonds. The van der Waals surface area contributed by atoms with Gasteiger partial charge in [-0.3, -0.25) is 43.4 Å². The van der Waals surface area contributed by atoms with Crippen molar-refractivity contribution >= 4 is 59.6 Å². The molecule has 15 unspecified atom stereocenters. The number of nitrogens with zero attached hydrogens (tertiary/aromatic N) is 2. The Morgan fingerprint density at radius 3 is 2.02 bits per heavy atom. The van der Waals surface area contributed by atoms with E-state index in [0.29, 0.717) is 9.80 Å². The van der Waals surface area contributed by atoms with Crippen LogP contribution in [0.3, 0.4) is 0 Å². The number of carbonyl (C=O) groups is 8. The average Bonchev–Trinajstić information content (AvgIpc) is 2.47. The van der Waals surface area contributed by atoms with Crippen molar-refractivity contribution in [1.29, 1.82) is 0 Å². The molecule has 3 aliphatic rings. The van der Waals surface area contributed by atoms with Crippen LogP contribution in [0.5, 0.6) is 11.5 Å². The van der Waals surface area contributed by atoms with Gasteiger partial charge in [-0.1, -0.05) is 75.6 Å². The van der Waals surface area contributed by atoms with Crippen LogP contribution in [0.25, 0.3) is 11.1 Å². The Kier molecular flexibility index (Phi) is 26.3. The van der Waals surface area contributed by atoms with Crippen molar-refractivity contribution in [3.63, 3.8) is 0 Å². The maximum atomic E-state index is 14.7. The van der Waals surface area contributed by atoms with Crippen LogP contribution in [0.4, 0.5) is 0 Å². The first-order valence-electron chi connectivity index (χ1n) is 27.0. The summed E-state index contributed by atoms with van der Waals surface area (Å²) < 4.78 is 9.02. The Bertz CT molecular complexity index is 2810. The summed E-state index contributed by atoms with van der Waals surface area (Å²) >= 11 is -0.0933. The monoisotopic (exact) mass is 1220 g/mol. The maximum absolute atomic E-state index is 14.7. The molecule has 3 aromatic carbocycles. The first-order chi connectivity index (χ1) is 39.8. The minimum Gasteiger partial charge on any atom is -0.691 e. The second kappa shape index (κ2) is 32.1. The van der Waals surface area contributed by atoms with Crippen molar-refractivity contribution in [2.45, 2.75) is 157 Å². The molecule has 3 aliphatic heterocycles. The normalized spacial score (nSPS) is 26.8. The number of amides is 8. The molecule has 0 aliphatic carbocycles. The van der Waals surface area contributed by atoms with E-state index in [0.717, 1.165) is 73.9 Å². The fourth-order valence-electron chi connectivity index (χ4n) is 10.1. The fourth-order valence-corrected chi connectivity index (χ4v) is 10.4. The van der Waals surface area contributed by atoms with Gasteiger partial charge in [0.15, 0.2) is 17.7 Å². The molecule has 0 spiro atoms. The molecule has 0 radical (unpaired) electrons. The smallest absolute Gasteiger partial charge is 0.691 e. The summed E-state index contributed by atoms with van der Waals surface area (Å²) in [4.78, 5) is 114. The molecule has 0 aromatic heterocycles. The van der Waals surface area contributed by atoms with E-state index in [1.54, 1.807) is 12.1 Å². The van der Waals surface area contributed by atoms with Gasteiger partial charge in [-0.25, -0.2) is 0 Å². The van der Waals surface area contributed by atoms with Crippen molar-refractivity contribution in [2.75, 3.05) is 13.1 Å². The SMILES string of the molecule is CCCCCCc1ccc(-c2ccc(C(=O)NC3CC(O)C(O)NC(=O)C4C(O)C(C)CN4C(=O)C(C(O)CC(N)=O)NC(=O)C(C(O)C(O)c4ccc(O)c(OSOO[O-])c4)NC(=O)C4CC(O)CN4C(=O)C(C(C)O)NC3=O)cc2)cc1.[Na+]. The minimum atomic E-state index is -2.56. The molecular weight excluding hydrogens is 1150 g/mol. The average molecular weight is 1220 g/mol. The molecule has 29 nitrogen and oxygen atoms in total. The quantitative estimate of drug-likeness (QED) is 0.0174. The van der Waals surface area contributed by atoms with E-state index in [4.69, 9.17) is 9.92 Å². The largest absolute Gasteiger partial charge is 1.00 e. The van der Waals surface area contributed by atoms with Crippen LogP contribution in [-0.2, 0) is 49.4 Å². The number of aryl methyl sites for hydroxylation is 1. The third-order valence-corrected chi connectivity index (χ3v) is 15.2. The number of rotatable bonds is 19. The molecule has 3 heterocycles. The van der Waals surface area contributed by atoms with Crippen LogP contribution in [0.15, 0.2) is 66.7 Å². The molecule has 0 bridgehead atoms. The van der Waals surface area contributed by atoms with E-state index < -0.39 is 182 Å². The zero-order chi connectivity index (χ0) is 61.7. The van der Waals surface area contributed by atoms with Gasteiger partial charge in [0.25, 0.3) is 18.2 Å². The fraction of sp³-hybridized carbons (Fsp3) is 0.519. The molecule has 15 atom stereocenters. The molecule has 6 rings (SSSR count). The van der Waals surface area contributed by atoms with Gasteiger partial charge in [0.05, 0.1) is 30.8 Å². The predicted molar refractivity (Wildman–Crippen MR) is 289 cm³/mol. The predicted octanol–water partition coefficient (Wildman–Crippen LogP) is -7.02. The summed E-state index contributed by atoms with van der Waals surface area (Å²) in [5.74, 6) is -12.6. The summed E-state index contributed by atoms with van der Waals surface area (Å²) in [6.07, 6.45) is -14.2. The van der Waals surface area contributed by atoms with Crippen LogP contribution < -0.4 is 71.3 Å². The van der Waals surface area contributed by atoms with E-state index in [2.05, 4.69) is 37.6 Å². The Morgan fingerprint density at radius 2 is 1.40 bits per heavy atom. The van der Waals surface area contributed by atoms with Crippen LogP contribution in [-0.4, -0.2) is 195 Å². The van der Waals surface area contributed by atoms with E-state index in [1.807, 2.05) is 29.6 Å². The third-order valence-electron chi connectivity index (χ3n) is 14.8. The second-order valence-corrected chi connectivity index (χ2v) is 21.5. The standard InChI is InChI=1S/C54H72N8O21S.Na/c1-4-5-6-7-8-27-9-11-28(12-10-27)29-13-15-30(16-14-29)47(72)56-33-21-37(67)50(75)60-52(77)43-44(69)25(2)23-62(43)54(79)41(36(66)22-39(55)68)58-51(76)42(46(71)45(70)31-17-18-35(65)38(19-31)81-84-83-82-80)59-49(74)34-20-32(64)24-61(34)53(78)40(26(3)63)57-48(33)73;/h9-19,25-26,32-34,36-37,40-46,50,63-67,69-71,75,80H,4-8,20-24H2,1-3H3,(H2,55,68)(H,56,72)(H,57,73)(H,58,76)(H,59,74)(H,60,77);/q;+1/p-1. The molecule has 31 heteroatoms. The van der Waals surface area contributed by atoms with Crippen molar-refractivity contribution < 1.29 is 133 Å². The number of phenols is 1. The second-order valence-electron chi connectivity index (χ2n) is 21.1. The molecule has 85 heavy (non-hydrogen) atoms. The first-order valence-corrected chi connectivity index (χ1v) is 27.7. The molecular formula is C54H71N8NaO21S. The van der Waals surface area contributed by atoms with Gasteiger partial charge in [0.2, 0.25) is 41.4 Å².